The van der Waals surface area contributed by atoms with Crippen molar-refractivity contribution in [3.63, 3.8) is 0 Å². The van der Waals surface area contributed by atoms with E-state index >= 15 is 0 Å². The smallest absolute Gasteiger partial charge is 0.157 e. The highest BCUT2D eigenvalue weighted by atomic mass is 35.5. The number of sulfone groups is 1. The molecule has 0 amide bonds. The summed E-state index contributed by atoms with van der Waals surface area (Å²) in [6, 6.07) is 10.0. The Labute approximate surface area is 133 Å². The van der Waals surface area contributed by atoms with Crippen LogP contribution in [0.15, 0.2) is 30.3 Å². The van der Waals surface area contributed by atoms with E-state index in [4.69, 9.17) is 5.73 Å². The third-order valence-electron chi connectivity index (χ3n) is 4.38. The molecule has 1 fully saturated rings. The third kappa shape index (κ3) is 3.97. The van der Waals surface area contributed by atoms with Gasteiger partial charge >= 0.3 is 0 Å². The molecular formula is C15H25ClN2O2S. The van der Waals surface area contributed by atoms with Crippen molar-refractivity contribution in [1.29, 1.82) is 0 Å². The van der Waals surface area contributed by atoms with E-state index in [1.165, 1.54) is 6.26 Å². The van der Waals surface area contributed by atoms with Crippen LogP contribution in [0.2, 0.25) is 0 Å². The molecule has 0 aliphatic heterocycles. The van der Waals surface area contributed by atoms with Crippen LogP contribution in [0.25, 0.3) is 0 Å². The van der Waals surface area contributed by atoms with Crippen LogP contribution in [-0.4, -0.2) is 33.8 Å². The third-order valence-corrected chi connectivity index (χ3v) is 6.44. The zero-order valence-corrected chi connectivity index (χ0v) is 14.1. The van der Waals surface area contributed by atoms with Crippen molar-refractivity contribution < 1.29 is 8.42 Å². The lowest BCUT2D eigenvalue weighted by molar-refractivity contribution is 0.311. The Morgan fingerprint density at radius 3 is 2.29 bits per heavy atom. The SMILES string of the molecule is CS(=O)(=O)C1(c2ccccc2)CCC(NCCN)CC1.Cl. The van der Waals surface area contributed by atoms with Gasteiger partial charge in [0.15, 0.2) is 9.84 Å². The number of nitrogens with two attached hydrogens (primary N) is 1. The monoisotopic (exact) mass is 332 g/mol. The molecule has 1 aliphatic carbocycles. The molecule has 120 valence electrons. The van der Waals surface area contributed by atoms with E-state index in [1.807, 2.05) is 30.3 Å². The lowest BCUT2D eigenvalue weighted by Gasteiger charge is -2.39. The van der Waals surface area contributed by atoms with Crippen molar-refractivity contribution >= 4 is 22.2 Å². The number of nitrogens with one attached hydrogen (secondary N) is 1. The molecule has 0 heterocycles. The minimum atomic E-state index is -3.14. The van der Waals surface area contributed by atoms with Crippen molar-refractivity contribution in [2.75, 3.05) is 19.3 Å². The summed E-state index contributed by atoms with van der Waals surface area (Å²) >= 11 is 0. The van der Waals surface area contributed by atoms with Gasteiger partial charge in [-0.05, 0) is 31.2 Å². The first-order valence-corrected chi connectivity index (χ1v) is 9.07. The van der Waals surface area contributed by atoms with E-state index in [1.54, 1.807) is 0 Å². The number of halogens is 1. The Balaban J connectivity index is 0.00000220. The number of rotatable bonds is 5. The molecule has 0 saturated heterocycles. The van der Waals surface area contributed by atoms with Crippen molar-refractivity contribution in [2.24, 2.45) is 5.73 Å². The molecule has 4 nitrogen and oxygen atoms in total. The Morgan fingerprint density at radius 2 is 1.81 bits per heavy atom. The number of hydrogen-bond acceptors (Lipinski definition) is 4. The fourth-order valence-corrected chi connectivity index (χ4v) is 4.73. The molecule has 1 aromatic rings. The van der Waals surface area contributed by atoms with Crippen molar-refractivity contribution in [1.82, 2.24) is 5.32 Å². The first kappa shape index (κ1) is 18.4. The summed E-state index contributed by atoms with van der Waals surface area (Å²) in [4.78, 5) is 0. The van der Waals surface area contributed by atoms with Crippen LogP contribution in [0, 0.1) is 0 Å². The molecule has 2 rings (SSSR count). The summed E-state index contributed by atoms with van der Waals surface area (Å²) in [7, 11) is -3.14. The second-order valence-electron chi connectivity index (χ2n) is 5.65. The molecule has 0 aromatic heterocycles. The maximum absolute atomic E-state index is 12.4. The highest BCUT2D eigenvalue weighted by molar-refractivity contribution is 7.91. The van der Waals surface area contributed by atoms with Crippen LogP contribution in [0.1, 0.15) is 31.2 Å². The lowest BCUT2D eigenvalue weighted by Crippen LogP contribution is -2.44. The summed E-state index contributed by atoms with van der Waals surface area (Å²) in [5.74, 6) is 0. The van der Waals surface area contributed by atoms with Gasteiger partial charge < -0.3 is 11.1 Å². The summed E-state index contributed by atoms with van der Waals surface area (Å²) in [5, 5.41) is 3.39. The van der Waals surface area contributed by atoms with E-state index in [-0.39, 0.29) is 12.4 Å². The van der Waals surface area contributed by atoms with E-state index < -0.39 is 14.6 Å². The molecule has 1 saturated carbocycles. The molecule has 0 spiro atoms. The van der Waals surface area contributed by atoms with Crippen molar-refractivity contribution in [3.8, 4) is 0 Å². The molecule has 0 bridgehead atoms. The predicted molar refractivity (Wildman–Crippen MR) is 89.5 cm³/mol. The fourth-order valence-electron chi connectivity index (χ4n) is 3.19. The molecule has 0 unspecified atom stereocenters. The van der Waals surface area contributed by atoms with Crippen LogP contribution in [0.4, 0.5) is 0 Å². The summed E-state index contributed by atoms with van der Waals surface area (Å²) in [6.07, 6.45) is 4.48. The maximum Gasteiger partial charge on any atom is 0.157 e. The Hall–Kier alpha value is -0.620. The standard InChI is InChI=1S/C15H24N2O2S.ClH/c1-20(18,19)15(13-5-3-2-4-6-13)9-7-14(8-10-15)17-12-11-16;/h2-6,14,17H,7-12,16H2,1H3;1H. The molecule has 1 aromatic carbocycles. The Kier molecular flexibility index (Phi) is 6.66. The first-order chi connectivity index (χ1) is 9.49. The molecular weight excluding hydrogens is 308 g/mol. The topological polar surface area (TPSA) is 72.2 Å². The van der Waals surface area contributed by atoms with Gasteiger partial charge in [-0.15, -0.1) is 12.4 Å². The number of benzene rings is 1. The van der Waals surface area contributed by atoms with Crippen LogP contribution < -0.4 is 11.1 Å². The maximum atomic E-state index is 12.4. The van der Waals surface area contributed by atoms with E-state index in [9.17, 15) is 8.42 Å². The molecule has 21 heavy (non-hydrogen) atoms. The molecule has 3 N–H and O–H groups in total. The van der Waals surface area contributed by atoms with Crippen LogP contribution in [0.3, 0.4) is 0 Å². The zero-order chi connectivity index (χ0) is 14.6. The van der Waals surface area contributed by atoms with E-state index in [0.717, 1.165) is 24.9 Å². The molecule has 0 radical (unpaired) electrons. The van der Waals surface area contributed by atoms with Gasteiger partial charge in [0.1, 0.15) is 0 Å². The van der Waals surface area contributed by atoms with Gasteiger partial charge in [-0.2, -0.15) is 0 Å². The van der Waals surface area contributed by atoms with Gasteiger partial charge in [0, 0.05) is 25.4 Å². The van der Waals surface area contributed by atoms with Crippen LogP contribution >= 0.6 is 12.4 Å². The highest BCUT2D eigenvalue weighted by Gasteiger charge is 2.44. The largest absolute Gasteiger partial charge is 0.329 e. The average Bonchev–Trinajstić information content (AvgIpc) is 2.45. The minimum absolute atomic E-state index is 0. The number of hydrogen-bond donors (Lipinski definition) is 2. The molecule has 1 aliphatic rings. The second-order valence-corrected chi connectivity index (χ2v) is 7.98. The summed E-state index contributed by atoms with van der Waals surface area (Å²) < 4.78 is 24.1. The van der Waals surface area contributed by atoms with Crippen LogP contribution in [-0.2, 0) is 14.6 Å². The van der Waals surface area contributed by atoms with Gasteiger partial charge in [0.05, 0.1) is 4.75 Å². The second kappa shape index (κ2) is 7.58. The van der Waals surface area contributed by atoms with Gasteiger partial charge in [0.2, 0.25) is 0 Å². The van der Waals surface area contributed by atoms with Crippen molar-refractivity contribution in [3.05, 3.63) is 35.9 Å². The zero-order valence-electron chi connectivity index (χ0n) is 12.4. The average molecular weight is 333 g/mol. The Morgan fingerprint density at radius 1 is 1.24 bits per heavy atom. The predicted octanol–water partition coefficient (Wildman–Crippen LogP) is 1.84. The van der Waals surface area contributed by atoms with Gasteiger partial charge in [0.25, 0.3) is 0 Å². The quantitative estimate of drug-likeness (QED) is 0.863. The van der Waals surface area contributed by atoms with Crippen LogP contribution in [0.5, 0.6) is 0 Å². The normalized spacial score (nSPS) is 26.1. The lowest BCUT2D eigenvalue weighted by atomic mass is 9.81. The van der Waals surface area contributed by atoms with E-state index in [0.29, 0.717) is 25.4 Å². The van der Waals surface area contributed by atoms with E-state index in [2.05, 4.69) is 5.32 Å². The summed E-state index contributed by atoms with van der Waals surface area (Å²) in [6.45, 7) is 1.41. The van der Waals surface area contributed by atoms with Gasteiger partial charge in [-0.3, -0.25) is 0 Å². The molecule has 0 atom stereocenters. The molecule has 6 heteroatoms. The minimum Gasteiger partial charge on any atom is -0.329 e. The Bertz CT molecular complexity index is 526. The highest BCUT2D eigenvalue weighted by Crippen LogP contribution is 2.43. The van der Waals surface area contributed by atoms with Gasteiger partial charge in [-0.25, -0.2) is 8.42 Å². The van der Waals surface area contributed by atoms with Crippen molar-refractivity contribution in [2.45, 2.75) is 36.5 Å². The van der Waals surface area contributed by atoms with Gasteiger partial charge in [-0.1, -0.05) is 30.3 Å². The fraction of sp³-hybridized carbons (Fsp3) is 0.600. The summed E-state index contributed by atoms with van der Waals surface area (Å²) in [5.41, 5.74) is 6.43. The first-order valence-electron chi connectivity index (χ1n) is 7.18.